The number of rotatable bonds is 6. The lowest BCUT2D eigenvalue weighted by Crippen LogP contribution is -2.41. The van der Waals surface area contributed by atoms with E-state index in [0.29, 0.717) is 29.3 Å². The molecule has 1 aliphatic heterocycles. The quantitative estimate of drug-likeness (QED) is 0.561. The number of ether oxygens (including phenoxy) is 1. The number of nitrogens with one attached hydrogen (secondary N) is 1. The monoisotopic (exact) mass is 419 g/mol. The van der Waals surface area contributed by atoms with Crippen molar-refractivity contribution >= 4 is 11.7 Å². The number of hydrogen-bond acceptors (Lipinski definition) is 7. The summed E-state index contributed by atoms with van der Waals surface area (Å²) in [5, 5.41) is 12.5. The third-order valence-corrected chi connectivity index (χ3v) is 5.20. The van der Waals surface area contributed by atoms with Gasteiger partial charge in [0.2, 0.25) is 0 Å². The molecule has 1 aliphatic rings. The van der Waals surface area contributed by atoms with E-state index in [1.54, 1.807) is 42.6 Å². The summed E-state index contributed by atoms with van der Waals surface area (Å²) >= 11 is 0. The van der Waals surface area contributed by atoms with Gasteiger partial charge in [-0.2, -0.15) is 0 Å². The zero-order chi connectivity index (χ0) is 21.6. The van der Waals surface area contributed by atoms with Crippen molar-refractivity contribution in [3.63, 3.8) is 0 Å². The second-order valence-electron chi connectivity index (χ2n) is 7.32. The molecule has 3 aromatic rings. The molecule has 1 aromatic heterocycles. The molecule has 8 nitrogen and oxygen atoms in total. The minimum atomic E-state index is -0.104. The van der Waals surface area contributed by atoms with Crippen molar-refractivity contribution in [1.29, 1.82) is 0 Å². The Kier molecular flexibility index (Phi) is 6.40. The van der Waals surface area contributed by atoms with Crippen LogP contribution < -0.4 is 11.1 Å². The summed E-state index contributed by atoms with van der Waals surface area (Å²) in [7, 11) is 0. The van der Waals surface area contributed by atoms with Gasteiger partial charge in [-0.3, -0.25) is 9.69 Å². The highest BCUT2D eigenvalue weighted by atomic mass is 16.5. The minimum absolute atomic E-state index is 0.104. The summed E-state index contributed by atoms with van der Waals surface area (Å²) in [5.41, 5.74) is 9.38. The van der Waals surface area contributed by atoms with Gasteiger partial charge >= 0.3 is 0 Å². The fourth-order valence-electron chi connectivity index (χ4n) is 3.42. The number of aromatic nitrogens is 2. The number of nitrogen functional groups attached to an aromatic ring is 1. The Morgan fingerprint density at radius 2 is 1.74 bits per heavy atom. The Balaban J connectivity index is 1.42. The number of nitrogens with two attached hydrogens (primary N) is 1. The van der Waals surface area contributed by atoms with E-state index in [9.17, 15) is 9.90 Å². The first kappa shape index (κ1) is 20.8. The molecule has 160 valence electrons. The molecule has 4 rings (SSSR count). The maximum atomic E-state index is 12.4. The van der Waals surface area contributed by atoms with Crippen LogP contribution in [0, 0.1) is 0 Å². The van der Waals surface area contributed by atoms with Crippen LogP contribution in [0.5, 0.6) is 5.75 Å². The van der Waals surface area contributed by atoms with Crippen LogP contribution >= 0.6 is 0 Å². The van der Waals surface area contributed by atoms with Gasteiger partial charge in [-0.1, -0.05) is 12.1 Å². The van der Waals surface area contributed by atoms with E-state index in [1.165, 1.54) is 0 Å². The van der Waals surface area contributed by atoms with Gasteiger partial charge in [-0.05, 0) is 36.4 Å². The zero-order valence-corrected chi connectivity index (χ0v) is 17.1. The number of nitrogens with zero attached hydrogens (tertiary/aromatic N) is 3. The molecule has 1 saturated heterocycles. The molecule has 2 aromatic carbocycles. The van der Waals surface area contributed by atoms with E-state index in [2.05, 4.69) is 20.2 Å². The van der Waals surface area contributed by atoms with Gasteiger partial charge in [0.15, 0.2) is 0 Å². The minimum Gasteiger partial charge on any atom is -0.508 e. The Morgan fingerprint density at radius 3 is 2.45 bits per heavy atom. The molecule has 2 heterocycles. The number of carbonyl (C=O) groups excluding carboxylic acids is 1. The molecule has 4 N–H and O–H groups in total. The van der Waals surface area contributed by atoms with Crippen molar-refractivity contribution in [2.45, 2.75) is 0 Å². The summed E-state index contributed by atoms with van der Waals surface area (Å²) < 4.78 is 5.33. The lowest BCUT2D eigenvalue weighted by atomic mass is 10.1. The summed E-state index contributed by atoms with van der Waals surface area (Å²) in [4.78, 5) is 23.6. The molecular weight excluding hydrogens is 394 g/mol. The van der Waals surface area contributed by atoms with Gasteiger partial charge in [0, 0.05) is 42.9 Å². The molecule has 0 bridgehead atoms. The predicted molar refractivity (Wildman–Crippen MR) is 119 cm³/mol. The van der Waals surface area contributed by atoms with E-state index in [4.69, 9.17) is 10.5 Å². The van der Waals surface area contributed by atoms with Crippen molar-refractivity contribution in [3.05, 3.63) is 60.3 Å². The van der Waals surface area contributed by atoms with E-state index in [0.717, 1.165) is 44.0 Å². The van der Waals surface area contributed by atoms with Crippen LogP contribution in [0.3, 0.4) is 0 Å². The number of hydrogen-bond donors (Lipinski definition) is 3. The maximum Gasteiger partial charge on any atom is 0.251 e. The molecule has 0 saturated carbocycles. The highest BCUT2D eigenvalue weighted by Crippen LogP contribution is 2.27. The van der Waals surface area contributed by atoms with Crippen molar-refractivity contribution in [2.24, 2.45) is 0 Å². The highest BCUT2D eigenvalue weighted by Gasteiger charge is 2.12. The topological polar surface area (TPSA) is 114 Å². The van der Waals surface area contributed by atoms with E-state index >= 15 is 0 Å². The SMILES string of the molecule is Nc1ncc(-c2ccc(C(=O)NCCN3CCOCC3)cc2)nc1-c1ccc(O)cc1. The molecular formula is C23H25N5O3. The highest BCUT2D eigenvalue weighted by molar-refractivity contribution is 5.94. The smallest absolute Gasteiger partial charge is 0.251 e. The second kappa shape index (κ2) is 9.55. The van der Waals surface area contributed by atoms with Crippen LogP contribution in [0.15, 0.2) is 54.7 Å². The normalized spacial score (nSPS) is 14.3. The number of benzene rings is 2. The van der Waals surface area contributed by atoms with Crippen LogP contribution in [0.1, 0.15) is 10.4 Å². The van der Waals surface area contributed by atoms with Crippen LogP contribution in [0.4, 0.5) is 5.82 Å². The first-order chi connectivity index (χ1) is 15.1. The second-order valence-corrected chi connectivity index (χ2v) is 7.32. The standard InChI is InChI=1S/C23H25N5O3/c24-22-21(17-5-7-19(29)8-6-17)27-20(15-26-22)16-1-3-18(4-2-16)23(30)25-9-10-28-11-13-31-14-12-28/h1-8,15,29H,9-14H2,(H2,24,26)(H,25,30). The van der Waals surface area contributed by atoms with E-state index in [1.807, 2.05) is 12.1 Å². The Labute approximate surface area is 180 Å². The van der Waals surface area contributed by atoms with Crippen molar-refractivity contribution in [2.75, 3.05) is 45.1 Å². The fraction of sp³-hybridized carbons (Fsp3) is 0.261. The Morgan fingerprint density at radius 1 is 1.06 bits per heavy atom. The molecule has 0 aliphatic carbocycles. The maximum absolute atomic E-state index is 12.4. The third-order valence-electron chi connectivity index (χ3n) is 5.20. The van der Waals surface area contributed by atoms with Gasteiger partial charge < -0.3 is 20.9 Å². The van der Waals surface area contributed by atoms with E-state index in [-0.39, 0.29) is 11.7 Å². The molecule has 0 radical (unpaired) electrons. The number of anilines is 1. The number of phenols is 1. The van der Waals surface area contributed by atoms with E-state index < -0.39 is 0 Å². The van der Waals surface area contributed by atoms with Gasteiger partial charge in [0.25, 0.3) is 5.91 Å². The fourth-order valence-corrected chi connectivity index (χ4v) is 3.42. The largest absolute Gasteiger partial charge is 0.508 e. The molecule has 0 atom stereocenters. The molecule has 1 fully saturated rings. The van der Waals surface area contributed by atoms with Crippen molar-refractivity contribution in [1.82, 2.24) is 20.2 Å². The molecule has 1 amide bonds. The zero-order valence-electron chi connectivity index (χ0n) is 17.1. The summed E-state index contributed by atoms with van der Waals surface area (Å²) in [6, 6.07) is 13.9. The van der Waals surface area contributed by atoms with Crippen LogP contribution in [0.2, 0.25) is 0 Å². The lowest BCUT2D eigenvalue weighted by molar-refractivity contribution is 0.0383. The first-order valence-electron chi connectivity index (χ1n) is 10.2. The number of morpholine rings is 1. The van der Waals surface area contributed by atoms with Crippen LogP contribution in [0.25, 0.3) is 22.5 Å². The molecule has 31 heavy (non-hydrogen) atoms. The number of aromatic hydroxyl groups is 1. The summed E-state index contributed by atoms with van der Waals surface area (Å²) in [6.07, 6.45) is 1.61. The lowest BCUT2D eigenvalue weighted by Gasteiger charge is -2.26. The summed E-state index contributed by atoms with van der Waals surface area (Å²) in [6.45, 7) is 4.71. The predicted octanol–water partition coefficient (Wildman–Crippen LogP) is 2.16. The number of amides is 1. The Bertz CT molecular complexity index is 1030. The molecule has 0 unspecified atom stereocenters. The summed E-state index contributed by atoms with van der Waals surface area (Å²) in [5.74, 6) is 0.379. The number of phenolic OH excluding ortho intramolecular Hbond substituents is 1. The first-order valence-corrected chi connectivity index (χ1v) is 10.2. The van der Waals surface area contributed by atoms with Crippen molar-refractivity contribution in [3.8, 4) is 28.3 Å². The molecule has 8 heteroatoms. The third kappa shape index (κ3) is 5.17. The average molecular weight is 419 g/mol. The van der Waals surface area contributed by atoms with Crippen molar-refractivity contribution < 1.29 is 14.6 Å². The molecule has 0 spiro atoms. The van der Waals surface area contributed by atoms with Gasteiger partial charge in [0.1, 0.15) is 17.3 Å². The van der Waals surface area contributed by atoms with Crippen LogP contribution in [-0.4, -0.2) is 65.3 Å². The van der Waals surface area contributed by atoms with Gasteiger partial charge in [-0.25, -0.2) is 9.97 Å². The van der Waals surface area contributed by atoms with Gasteiger partial charge in [-0.15, -0.1) is 0 Å². The number of carbonyl (C=O) groups is 1. The average Bonchev–Trinajstić information content (AvgIpc) is 2.81. The van der Waals surface area contributed by atoms with Crippen LogP contribution in [-0.2, 0) is 4.74 Å². The Hall–Kier alpha value is -3.49. The van der Waals surface area contributed by atoms with Gasteiger partial charge in [0.05, 0.1) is 25.1 Å².